The highest BCUT2D eigenvalue weighted by molar-refractivity contribution is 6.30. The third-order valence-corrected chi connectivity index (χ3v) is 3.09. The normalized spacial score (nSPS) is 10.1. The van der Waals surface area contributed by atoms with Crippen LogP contribution in [0.15, 0.2) is 42.6 Å². The first-order valence-corrected chi connectivity index (χ1v) is 7.53. The van der Waals surface area contributed by atoms with Crippen molar-refractivity contribution in [2.45, 2.75) is 6.61 Å². The standard InChI is InChI=1S/C15H15Cl2N3O2/c16-6-8-19-15(21)20-14-13(5-2-7-18-14)22-10-11-3-1-4-12(17)9-11/h1-5,7,9H,6,8,10H2,(H2,18,19,20,21). The molecule has 7 heteroatoms. The van der Waals surface area contributed by atoms with Gasteiger partial charge in [0.2, 0.25) is 0 Å². The second-order valence-corrected chi connectivity index (χ2v) is 5.15. The number of benzene rings is 1. The number of ether oxygens (including phenoxy) is 1. The van der Waals surface area contributed by atoms with Gasteiger partial charge in [-0.3, -0.25) is 5.32 Å². The quantitative estimate of drug-likeness (QED) is 0.789. The van der Waals surface area contributed by atoms with Crippen LogP contribution in [0, 0.1) is 0 Å². The molecular weight excluding hydrogens is 325 g/mol. The Balaban J connectivity index is 2.00. The number of rotatable bonds is 6. The number of halogens is 2. The summed E-state index contributed by atoms with van der Waals surface area (Å²) in [6.45, 7) is 0.698. The van der Waals surface area contributed by atoms with Crippen LogP contribution in [0.4, 0.5) is 10.6 Å². The monoisotopic (exact) mass is 339 g/mol. The van der Waals surface area contributed by atoms with Crippen LogP contribution in [0.3, 0.4) is 0 Å². The van der Waals surface area contributed by atoms with E-state index >= 15 is 0 Å². The highest BCUT2D eigenvalue weighted by Gasteiger charge is 2.08. The van der Waals surface area contributed by atoms with E-state index < -0.39 is 0 Å². The van der Waals surface area contributed by atoms with Gasteiger partial charge in [-0.2, -0.15) is 0 Å². The van der Waals surface area contributed by atoms with Gasteiger partial charge in [0.25, 0.3) is 0 Å². The van der Waals surface area contributed by atoms with Crippen LogP contribution in [0.25, 0.3) is 0 Å². The van der Waals surface area contributed by atoms with Gasteiger partial charge < -0.3 is 10.1 Å². The predicted octanol–water partition coefficient (Wildman–Crippen LogP) is 3.67. The zero-order chi connectivity index (χ0) is 15.8. The first-order valence-electron chi connectivity index (χ1n) is 6.62. The van der Waals surface area contributed by atoms with Crippen LogP contribution < -0.4 is 15.4 Å². The second-order valence-electron chi connectivity index (χ2n) is 4.34. The molecule has 0 fully saturated rings. The highest BCUT2D eigenvalue weighted by Crippen LogP contribution is 2.22. The number of nitrogens with one attached hydrogen (secondary N) is 2. The van der Waals surface area contributed by atoms with E-state index in [0.29, 0.717) is 35.6 Å². The Hall–Kier alpha value is -1.98. The summed E-state index contributed by atoms with van der Waals surface area (Å²) in [6, 6.07) is 10.4. The Labute approximate surface area is 138 Å². The maximum Gasteiger partial charge on any atom is 0.320 e. The lowest BCUT2D eigenvalue weighted by molar-refractivity contribution is 0.252. The molecule has 2 amide bonds. The first kappa shape index (κ1) is 16.4. The lowest BCUT2D eigenvalue weighted by atomic mass is 10.2. The van der Waals surface area contributed by atoms with Crippen LogP contribution in [0.1, 0.15) is 5.56 Å². The molecule has 2 rings (SSSR count). The van der Waals surface area contributed by atoms with Gasteiger partial charge in [0.05, 0.1) is 0 Å². The smallest absolute Gasteiger partial charge is 0.320 e. The van der Waals surface area contributed by atoms with Crippen LogP contribution in [0.2, 0.25) is 5.02 Å². The summed E-state index contributed by atoms with van der Waals surface area (Å²) in [4.78, 5) is 15.7. The topological polar surface area (TPSA) is 63.2 Å². The van der Waals surface area contributed by atoms with Crippen molar-refractivity contribution in [1.82, 2.24) is 10.3 Å². The third kappa shape index (κ3) is 5.09. The Bertz CT molecular complexity index is 638. The second kappa shape index (κ2) is 8.46. The number of anilines is 1. The highest BCUT2D eigenvalue weighted by atomic mass is 35.5. The van der Waals surface area contributed by atoms with E-state index in [1.165, 1.54) is 0 Å². The van der Waals surface area contributed by atoms with E-state index in [1.54, 1.807) is 24.4 Å². The van der Waals surface area contributed by atoms with Crippen molar-refractivity contribution in [2.24, 2.45) is 0 Å². The molecule has 0 saturated heterocycles. The minimum absolute atomic E-state index is 0.324. The van der Waals surface area contributed by atoms with Crippen LogP contribution in [-0.2, 0) is 6.61 Å². The minimum Gasteiger partial charge on any atom is -0.485 e. The summed E-state index contributed by atoms with van der Waals surface area (Å²) in [5.41, 5.74) is 0.925. The SMILES string of the molecule is O=C(NCCCl)Nc1ncccc1OCc1cccc(Cl)c1. The van der Waals surface area contributed by atoms with Crippen LogP contribution in [-0.4, -0.2) is 23.4 Å². The fourth-order valence-corrected chi connectivity index (χ4v) is 2.01. The molecule has 0 saturated carbocycles. The minimum atomic E-state index is -0.382. The molecule has 22 heavy (non-hydrogen) atoms. The van der Waals surface area contributed by atoms with Gasteiger partial charge in [-0.15, -0.1) is 11.6 Å². The fraction of sp³-hybridized carbons (Fsp3) is 0.200. The molecule has 2 aromatic rings. The number of urea groups is 1. The average Bonchev–Trinajstić information content (AvgIpc) is 2.52. The maximum absolute atomic E-state index is 11.6. The Morgan fingerprint density at radius 1 is 1.27 bits per heavy atom. The first-order chi connectivity index (χ1) is 10.7. The van der Waals surface area contributed by atoms with Crippen molar-refractivity contribution in [3.63, 3.8) is 0 Å². The van der Waals surface area contributed by atoms with Crippen molar-refractivity contribution < 1.29 is 9.53 Å². The number of carbonyl (C=O) groups is 1. The Morgan fingerprint density at radius 3 is 2.91 bits per heavy atom. The molecule has 1 heterocycles. The summed E-state index contributed by atoms with van der Waals surface area (Å²) in [5.74, 6) is 1.16. The number of pyridine rings is 1. The van der Waals surface area contributed by atoms with Crippen LogP contribution >= 0.6 is 23.2 Å². The van der Waals surface area contributed by atoms with Gasteiger partial charge in [0.1, 0.15) is 6.61 Å². The summed E-state index contributed by atoms with van der Waals surface area (Å²) in [5, 5.41) is 5.86. The molecule has 0 bridgehead atoms. The summed E-state index contributed by atoms with van der Waals surface area (Å²) in [7, 11) is 0. The molecule has 0 aliphatic carbocycles. The number of carbonyl (C=O) groups excluding carboxylic acids is 1. The lowest BCUT2D eigenvalue weighted by Gasteiger charge is -2.12. The number of amides is 2. The molecule has 0 atom stereocenters. The number of nitrogens with zero attached hydrogens (tertiary/aromatic N) is 1. The number of alkyl halides is 1. The van der Waals surface area contributed by atoms with Crippen LogP contribution in [0.5, 0.6) is 5.75 Å². The average molecular weight is 340 g/mol. The fourth-order valence-electron chi connectivity index (χ4n) is 1.70. The van der Waals surface area contributed by atoms with Crippen molar-refractivity contribution in [3.05, 3.63) is 53.2 Å². The molecule has 0 unspecified atom stereocenters. The molecule has 2 N–H and O–H groups in total. The number of hydrogen-bond acceptors (Lipinski definition) is 3. The predicted molar refractivity (Wildman–Crippen MR) is 87.8 cm³/mol. The van der Waals surface area contributed by atoms with Gasteiger partial charge in [-0.1, -0.05) is 23.7 Å². The van der Waals surface area contributed by atoms with E-state index in [4.69, 9.17) is 27.9 Å². The molecule has 1 aromatic carbocycles. The molecule has 116 valence electrons. The van der Waals surface area contributed by atoms with Gasteiger partial charge in [0.15, 0.2) is 11.6 Å². The Morgan fingerprint density at radius 2 is 2.14 bits per heavy atom. The maximum atomic E-state index is 11.6. The molecule has 5 nitrogen and oxygen atoms in total. The van der Waals surface area contributed by atoms with E-state index in [-0.39, 0.29) is 6.03 Å². The molecule has 0 aliphatic heterocycles. The molecule has 0 radical (unpaired) electrons. The number of hydrogen-bond donors (Lipinski definition) is 2. The largest absolute Gasteiger partial charge is 0.485 e. The Kier molecular flexibility index (Phi) is 6.30. The van der Waals surface area contributed by atoms with Gasteiger partial charge in [-0.25, -0.2) is 9.78 Å². The van der Waals surface area contributed by atoms with E-state index in [2.05, 4.69) is 15.6 Å². The van der Waals surface area contributed by atoms with E-state index in [1.807, 2.05) is 18.2 Å². The van der Waals surface area contributed by atoms with Gasteiger partial charge in [-0.05, 0) is 29.8 Å². The van der Waals surface area contributed by atoms with Crippen molar-refractivity contribution >= 4 is 35.1 Å². The summed E-state index contributed by atoms with van der Waals surface area (Å²) >= 11 is 11.4. The number of aromatic nitrogens is 1. The van der Waals surface area contributed by atoms with Crippen molar-refractivity contribution in [1.29, 1.82) is 0 Å². The van der Waals surface area contributed by atoms with E-state index in [0.717, 1.165) is 5.56 Å². The molecule has 0 spiro atoms. The molecule has 0 aliphatic rings. The molecule has 1 aromatic heterocycles. The van der Waals surface area contributed by atoms with Crippen molar-refractivity contribution in [2.75, 3.05) is 17.7 Å². The van der Waals surface area contributed by atoms with Crippen molar-refractivity contribution in [3.8, 4) is 5.75 Å². The molecular formula is C15H15Cl2N3O2. The summed E-state index contributed by atoms with van der Waals surface area (Å²) < 4.78 is 5.69. The van der Waals surface area contributed by atoms with Gasteiger partial charge >= 0.3 is 6.03 Å². The zero-order valence-corrected chi connectivity index (χ0v) is 13.2. The third-order valence-electron chi connectivity index (χ3n) is 2.67. The lowest BCUT2D eigenvalue weighted by Crippen LogP contribution is -2.30. The van der Waals surface area contributed by atoms with Gasteiger partial charge in [0, 0.05) is 23.6 Å². The zero-order valence-electron chi connectivity index (χ0n) is 11.7. The summed E-state index contributed by atoms with van der Waals surface area (Å²) in [6.07, 6.45) is 1.57. The van der Waals surface area contributed by atoms with E-state index in [9.17, 15) is 4.79 Å².